The van der Waals surface area contributed by atoms with E-state index in [9.17, 15) is 0 Å². The number of nitrogens with zero attached hydrogens (tertiary/aromatic N) is 1. The van der Waals surface area contributed by atoms with E-state index in [1.807, 2.05) is 18.2 Å². The van der Waals surface area contributed by atoms with Gasteiger partial charge in [0.1, 0.15) is 5.75 Å². The predicted octanol–water partition coefficient (Wildman–Crippen LogP) is 2.83. The van der Waals surface area contributed by atoms with Crippen molar-refractivity contribution in [2.24, 2.45) is 5.73 Å². The molecule has 0 bridgehead atoms. The van der Waals surface area contributed by atoms with Crippen LogP contribution in [0, 0.1) is 0 Å². The molecule has 0 radical (unpaired) electrons. The first-order valence-corrected chi connectivity index (χ1v) is 6.65. The molecule has 2 aromatic rings. The number of nitrogens with two attached hydrogens (primary N) is 1. The molecule has 4 heteroatoms. The average molecular weight is 305 g/mol. The first kappa shape index (κ1) is 11.7. The lowest BCUT2D eigenvalue weighted by Gasteiger charge is -2.15. The second kappa shape index (κ2) is 4.71. The number of ether oxygens (including phenoxy) is 1. The Hall–Kier alpha value is -1.39. The van der Waals surface area contributed by atoms with Gasteiger partial charge in [-0.2, -0.15) is 0 Å². The number of benzene rings is 1. The first-order valence-electron chi connectivity index (χ1n) is 5.86. The monoisotopic (exact) mass is 304 g/mol. The molecule has 1 aromatic heterocycles. The molecular weight excluding hydrogens is 292 g/mol. The van der Waals surface area contributed by atoms with E-state index in [2.05, 4.69) is 27.0 Å². The summed E-state index contributed by atoms with van der Waals surface area (Å²) in [7, 11) is 0. The third kappa shape index (κ3) is 2.02. The summed E-state index contributed by atoms with van der Waals surface area (Å²) in [5, 5.41) is 0. The minimum absolute atomic E-state index is 0.206. The van der Waals surface area contributed by atoms with Gasteiger partial charge in [0.25, 0.3) is 0 Å². The SMILES string of the molecule is NC(c1cncc(Br)c1)c1cccc2c1OCC2. The molecule has 1 aliphatic rings. The van der Waals surface area contributed by atoms with Crippen molar-refractivity contribution in [2.45, 2.75) is 12.5 Å². The van der Waals surface area contributed by atoms with Crippen LogP contribution in [0.25, 0.3) is 0 Å². The molecule has 3 rings (SSSR count). The Kier molecular flexibility index (Phi) is 3.06. The molecule has 0 saturated carbocycles. The van der Waals surface area contributed by atoms with E-state index in [1.54, 1.807) is 12.4 Å². The van der Waals surface area contributed by atoms with Gasteiger partial charge in [-0.25, -0.2) is 0 Å². The topological polar surface area (TPSA) is 48.1 Å². The standard InChI is InChI=1S/C14H13BrN2O/c15-11-6-10(7-17-8-11)13(16)12-3-1-2-9-4-5-18-14(9)12/h1-3,6-8,13H,4-5,16H2. The zero-order valence-electron chi connectivity index (χ0n) is 9.77. The number of hydrogen-bond acceptors (Lipinski definition) is 3. The van der Waals surface area contributed by atoms with Crippen molar-refractivity contribution in [2.75, 3.05) is 6.61 Å². The fourth-order valence-electron chi connectivity index (χ4n) is 2.26. The van der Waals surface area contributed by atoms with Crippen molar-refractivity contribution in [1.82, 2.24) is 4.98 Å². The molecule has 18 heavy (non-hydrogen) atoms. The van der Waals surface area contributed by atoms with Crippen molar-refractivity contribution in [3.05, 3.63) is 57.8 Å². The second-order valence-electron chi connectivity index (χ2n) is 4.35. The molecule has 92 valence electrons. The van der Waals surface area contributed by atoms with Crippen LogP contribution in [0.3, 0.4) is 0 Å². The van der Waals surface area contributed by atoms with Gasteiger partial charge in [0.05, 0.1) is 12.6 Å². The predicted molar refractivity (Wildman–Crippen MR) is 73.6 cm³/mol. The molecule has 0 saturated heterocycles. The molecule has 2 heterocycles. The normalized spacial score (nSPS) is 15.0. The van der Waals surface area contributed by atoms with Crippen LogP contribution in [0.4, 0.5) is 0 Å². The smallest absolute Gasteiger partial charge is 0.127 e. The van der Waals surface area contributed by atoms with Gasteiger partial charge < -0.3 is 10.5 Å². The number of para-hydroxylation sites is 1. The minimum Gasteiger partial charge on any atom is -0.493 e. The molecule has 1 aromatic carbocycles. The van der Waals surface area contributed by atoms with Crippen LogP contribution in [0.5, 0.6) is 5.75 Å². The summed E-state index contributed by atoms with van der Waals surface area (Å²) in [6.07, 6.45) is 4.51. The fourth-order valence-corrected chi connectivity index (χ4v) is 2.65. The van der Waals surface area contributed by atoms with Gasteiger partial charge in [0.2, 0.25) is 0 Å². The van der Waals surface area contributed by atoms with E-state index < -0.39 is 0 Å². The Labute approximate surface area is 114 Å². The Morgan fingerprint density at radius 2 is 2.22 bits per heavy atom. The number of fused-ring (bicyclic) bond motifs is 1. The highest BCUT2D eigenvalue weighted by molar-refractivity contribution is 9.10. The molecule has 0 aliphatic carbocycles. The molecule has 0 amide bonds. The van der Waals surface area contributed by atoms with Crippen LogP contribution in [-0.2, 0) is 6.42 Å². The second-order valence-corrected chi connectivity index (χ2v) is 5.26. The maximum absolute atomic E-state index is 6.32. The van der Waals surface area contributed by atoms with E-state index >= 15 is 0 Å². The number of rotatable bonds is 2. The third-order valence-corrected chi connectivity index (χ3v) is 3.60. The highest BCUT2D eigenvalue weighted by Gasteiger charge is 2.21. The quantitative estimate of drug-likeness (QED) is 0.928. The minimum atomic E-state index is -0.206. The number of hydrogen-bond donors (Lipinski definition) is 1. The van der Waals surface area contributed by atoms with Crippen LogP contribution < -0.4 is 10.5 Å². The average Bonchev–Trinajstić information content (AvgIpc) is 2.86. The number of halogens is 1. The van der Waals surface area contributed by atoms with Crippen molar-refractivity contribution in [1.29, 1.82) is 0 Å². The summed E-state index contributed by atoms with van der Waals surface area (Å²) in [4.78, 5) is 4.16. The summed E-state index contributed by atoms with van der Waals surface area (Å²) < 4.78 is 6.62. The van der Waals surface area contributed by atoms with Gasteiger partial charge in [-0.3, -0.25) is 4.98 Å². The molecule has 1 atom stereocenters. The summed E-state index contributed by atoms with van der Waals surface area (Å²) in [6, 6.07) is 7.94. The zero-order chi connectivity index (χ0) is 12.5. The van der Waals surface area contributed by atoms with E-state index in [4.69, 9.17) is 10.5 Å². The summed E-state index contributed by atoms with van der Waals surface area (Å²) in [5.41, 5.74) is 9.57. The van der Waals surface area contributed by atoms with E-state index in [-0.39, 0.29) is 6.04 Å². The van der Waals surface area contributed by atoms with E-state index in [0.717, 1.165) is 34.4 Å². The molecule has 2 N–H and O–H groups in total. The highest BCUT2D eigenvalue weighted by Crippen LogP contribution is 2.35. The van der Waals surface area contributed by atoms with Crippen molar-refractivity contribution in [3.63, 3.8) is 0 Å². The summed E-state index contributed by atoms with van der Waals surface area (Å²) in [5.74, 6) is 0.949. The fraction of sp³-hybridized carbons (Fsp3) is 0.214. The molecule has 0 fully saturated rings. The lowest BCUT2D eigenvalue weighted by molar-refractivity contribution is 0.352. The Morgan fingerprint density at radius 3 is 3.06 bits per heavy atom. The van der Waals surface area contributed by atoms with Crippen LogP contribution in [0.2, 0.25) is 0 Å². The van der Waals surface area contributed by atoms with Crippen molar-refractivity contribution in [3.8, 4) is 5.75 Å². The highest BCUT2D eigenvalue weighted by atomic mass is 79.9. The Balaban J connectivity index is 2.03. The maximum atomic E-state index is 6.32. The largest absolute Gasteiger partial charge is 0.493 e. The summed E-state index contributed by atoms with van der Waals surface area (Å²) >= 11 is 3.42. The van der Waals surface area contributed by atoms with Gasteiger partial charge in [-0.15, -0.1) is 0 Å². The van der Waals surface area contributed by atoms with Crippen LogP contribution >= 0.6 is 15.9 Å². The number of pyridine rings is 1. The van der Waals surface area contributed by atoms with Gasteiger partial charge in [-0.1, -0.05) is 18.2 Å². The van der Waals surface area contributed by atoms with Gasteiger partial charge >= 0.3 is 0 Å². The molecule has 1 aliphatic heterocycles. The Bertz CT molecular complexity index is 586. The lowest BCUT2D eigenvalue weighted by Crippen LogP contribution is -2.13. The summed E-state index contributed by atoms with van der Waals surface area (Å²) in [6.45, 7) is 0.746. The number of aromatic nitrogens is 1. The van der Waals surface area contributed by atoms with Crippen molar-refractivity contribution < 1.29 is 4.74 Å². The van der Waals surface area contributed by atoms with Gasteiger partial charge in [0, 0.05) is 28.9 Å². The van der Waals surface area contributed by atoms with E-state index in [1.165, 1.54) is 5.56 Å². The zero-order valence-corrected chi connectivity index (χ0v) is 11.4. The molecular formula is C14H13BrN2O. The molecule has 1 unspecified atom stereocenters. The first-order chi connectivity index (χ1) is 8.75. The van der Waals surface area contributed by atoms with E-state index in [0.29, 0.717) is 0 Å². The Morgan fingerprint density at radius 1 is 1.33 bits per heavy atom. The van der Waals surface area contributed by atoms with Crippen LogP contribution in [0.1, 0.15) is 22.7 Å². The third-order valence-electron chi connectivity index (χ3n) is 3.17. The van der Waals surface area contributed by atoms with Crippen LogP contribution in [0.15, 0.2) is 41.1 Å². The molecule has 0 spiro atoms. The van der Waals surface area contributed by atoms with Gasteiger partial charge in [0.15, 0.2) is 0 Å². The maximum Gasteiger partial charge on any atom is 0.127 e. The van der Waals surface area contributed by atoms with Crippen molar-refractivity contribution >= 4 is 15.9 Å². The van der Waals surface area contributed by atoms with Gasteiger partial charge in [-0.05, 0) is 33.1 Å². The van der Waals surface area contributed by atoms with Crippen LogP contribution in [-0.4, -0.2) is 11.6 Å². The molecule has 3 nitrogen and oxygen atoms in total. The lowest BCUT2D eigenvalue weighted by atomic mass is 9.98.